The van der Waals surface area contributed by atoms with Gasteiger partial charge in [0.25, 0.3) is 0 Å². The van der Waals surface area contributed by atoms with E-state index in [0.717, 1.165) is 0 Å². The molecule has 1 aromatic heterocycles. The number of nitriles is 1. The second-order valence-corrected chi connectivity index (χ2v) is 2.49. The molecule has 2 nitrogen and oxygen atoms in total. The maximum Gasteiger partial charge on any atom is 0.417 e. The van der Waals surface area contributed by atoms with Crippen molar-refractivity contribution in [3.05, 3.63) is 29.3 Å². The number of aromatic nitrogens is 1. The third kappa shape index (κ3) is 2.19. The summed E-state index contributed by atoms with van der Waals surface area (Å²) in [6.07, 6.45) is -4.45. The Bertz CT molecular complexity index is 378. The van der Waals surface area contributed by atoms with Crippen LogP contribution in [0.3, 0.4) is 0 Å². The molecule has 0 saturated carbocycles. The molecule has 0 aliphatic carbocycles. The minimum atomic E-state index is -4.61. The molecule has 0 fully saturated rings. The van der Waals surface area contributed by atoms with Crippen LogP contribution < -0.4 is 0 Å². The van der Waals surface area contributed by atoms with Gasteiger partial charge in [-0.05, 0) is 6.07 Å². The lowest BCUT2D eigenvalue weighted by molar-refractivity contribution is -0.138. The highest BCUT2D eigenvalue weighted by Crippen LogP contribution is 2.29. The van der Waals surface area contributed by atoms with Crippen LogP contribution in [-0.4, -0.2) is 4.98 Å². The molecule has 0 aliphatic heterocycles. The molecule has 1 heterocycles. The van der Waals surface area contributed by atoms with Crippen LogP contribution in [0.1, 0.15) is 11.3 Å². The molecule has 0 bridgehead atoms. The topological polar surface area (TPSA) is 36.7 Å². The number of hydrogen-bond donors (Lipinski definition) is 0. The maximum atomic E-state index is 12.9. The van der Waals surface area contributed by atoms with Crippen LogP contribution in [0.15, 0.2) is 12.3 Å². The van der Waals surface area contributed by atoms with Crippen molar-refractivity contribution in [1.82, 2.24) is 4.98 Å². The molecule has 0 atom stereocenters. The van der Waals surface area contributed by atoms with Gasteiger partial charge >= 0.3 is 6.18 Å². The Morgan fingerprint density at radius 1 is 1.43 bits per heavy atom. The lowest BCUT2D eigenvalue weighted by Crippen LogP contribution is -2.07. The molecule has 14 heavy (non-hydrogen) atoms. The third-order valence-electron chi connectivity index (χ3n) is 1.49. The first-order valence-corrected chi connectivity index (χ1v) is 3.53. The van der Waals surface area contributed by atoms with E-state index < -0.39 is 17.6 Å². The van der Waals surface area contributed by atoms with Gasteiger partial charge < -0.3 is 0 Å². The molecule has 1 aromatic rings. The smallest absolute Gasteiger partial charge is 0.257 e. The molecule has 0 aromatic carbocycles. The summed E-state index contributed by atoms with van der Waals surface area (Å²) >= 11 is 0. The summed E-state index contributed by atoms with van der Waals surface area (Å²) in [6.45, 7) is 0. The van der Waals surface area contributed by atoms with Gasteiger partial charge in [0, 0.05) is 6.20 Å². The van der Waals surface area contributed by atoms with Crippen LogP contribution in [0.2, 0.25) is 0 Å². The van der Waals surface area contributed by atoms with Gasteiger partial charge in [-0.3, -0.25) is 4.98 Å². The fraction of sp³-hybridized carbons (Fsp3) is 0.250. The molecule has 0 spiro atoms. The highest BCUT2D eigenvalue weighted by Gasteiger charge is 2.31. The quantitative estimate of drug-likeness (QED) is 0.658. The lowest BCUT2D eigenvalue weighted by Gasteiger charge is -2.06. The first-order valence-electron chi connectivity index (χ1n) is 3.53. The average Bonchev–Trinajstić information content (AvgIpc) is 2.07. The van der Waals surface area contributed by atoms with Crippen LogP contribution in [0, 0.1) is 17.1 Å². The van der Waals surface area contributed by atoms with Crippen molar-refractivity contribution in [2.45, 2.75) is 12.6 Å². The van der Waals surface area contributed by atoms with E-state index >= 15 is 0 Å². The summed E-state index contributed by atoms with van der Waals surface area (Å²) in [5.74, 6) is -1.11. The SMILES string of the molecule is N#CCc1ncc(C(F)(F)F)cc1F. The van der Waals surface area contributed by atoms with Crippen molar-refractivity contribution < 1.29 is 17.6 Å². The standard InChI is InChI=1S/C8H4F4N2/c9-6-3-5(8(10,11)12)4-14-7(6)1-2-13/h3-4H,1H2. The van der Waals surface area contributed by atoms with E-state index in [-0.39, 0.29) is 12.1 Å². The van der Waals surface area contributed by atoms with Gasteiger partial charge in [0.15, 0.2) is 0 Å². The summed E-state index contributed by atoms with van der Waals surface area (Å²) in [5, 5.41) is 8.19. The van der Waals surface area contributed by atoms with E-state index in [4.69, 9.17) is 5.26 Å². The van der Waals surface area contributed by atoms with E-state index in [1.807, 2.05) is 0 Å². The number of alkyl halides is 3. The van der Waals surface area contributed by atoms with Crippen molar-refractivity contribution >= 4 is 0 Å². The van der Waals surface area contributed by atoms with Crippen LogP contribution in [0.5, 0.6) is 0 Å². The van der Waals surface area contributed by atoms with E-state index in [9.17, 15) is 17.6 Å². The van der Waals surface area contributed by atoms with Crippen LogP contribution in [-0.2, 0) is 12.6 Å². The van der Waals surface area contributed by atoms with Crippen molar-refractivity contribution in [1.29, 1.82) is 5.26 Å². The van der Waals surface area contributed by atoms with Gasteiger partial charge in [-0.2, -0.15) is 18.4 Å². The number of hydrogen-bond acceptors (Lipinski definition) is 2. The summed E-state index contributed by atoms with van der Waals surface area (Å²) in [4.78, 5) is 3.22. The van der Waals surface area contributed by atoms with E-state index in [1.54, 1.807) is 6.07 Å². The molecular weight excluding hydrogens is 200 g/mol. The van der Waals surface area contributed by atoms with Gasteiger partial charge in [0.2, 0.25) is 0 Å². The summed E-state index contributed by atoms with van der Waals surface area (Å²) < 4.78 is 48.9. The van der Waals surface area contributed by atoms with E-state index in [1.165, 1.54) is 0 Å². The second-order valence-electron chi connectivity index (χ2n) is 2.49. The zero-order valence-corrected chi connectivity index (χ0v) is 6.77. The molecule has 74 valence electrons. The largest absolute Gasteiger partial charge is 0.417 e. The first kappa shape index (κ1) is 10.4. The number of rotatable bonds is 1. The van der Waals surface area contributed by atoms with E-state index in [2.05, 4.69) is 4.98 Å². The highest BCUT2D eigenvalue weighted by molar-refractivity contribution is 5.20. The minimum Gasteiger partial charge on any atom is -0.257 e. The Morgan fingerprint density at radius 3 is 2.50 bits per heavy atom. The van der Waals surface area contributed by atoms with Crippen molar-refractivity contribution in [2.24, 2.45) is 0 Å². The van der Waals surface area contributed by atoms with Gasteiger partial charge in [-0.15, -0.1) is 0 Å². The molecule has 0 saturated heterocycles. The average molecular weight is 204 g/mol. The Labute approximate surface area is 76.8 Å². The lowest BCUT2D eigenvalue weighted by atomic mass is 10.2. The molecule has 0 radical (unpaired) electrons. The normalized spacial score (nSPS) is 11.1. The molecule has 0 amide bonds. The fourth-order valence-electron chi connectivity index (χ4n) is 0.826. The Balaban J connectivity index is 3.08. The molecule has 0 unspecified atom stereocenters. The highest BCUT2D eigenvalue weighted by atomic mass is 19.4. The third-order valence-corrected chi connectivity index (χ3v) is 1.49. The van der Waals surface area contributed by atoms with Crippen LogP contribution >= 0.6 is 0 Å². The fourth-order valence-corrected chi connectivity index (χ4v) is 0.826. The van der Waals surface area contributed by atoms with Gasteiger partial charge in [0.1, 0.15) is 5.82 Å². The van der Waals surface area contributed by atoms with Crippen LogP contribution in [0.25, 0.3) is 0 Å². The summed E-state index contributed by atoms with van der Waals surface area (Å²) in [7, 11) is 0. The van der Waals surface area contributed by atoms with Crippen LogP contribution in [0.4, 0.5) is 17.6 Å². The zero-order chi connectivity index (χ0) is 10.8. The maximum absolute atomic E-state index is 12.9. The molecule has 0 N–H and O–H groups in total. The van der Waals surface area contributed by atoms with Gasteiger partial charge in [-0.25, -0.2) is 4.39 Å². The van der Waals surface area contributed by atoms with Crippen molar-refractivity contribution in [2.75, 3.05) is 0 Å². The second kappa shape index (κ2) is 3.62. The van der Waals surface area contributed by atoms with Crippen molar-refractivity contribution in [3.63, 3.8) is 0 Å². The summed E-state index contributed by atoms with van der Waals surface area (Å²) in [5.41, 5.74) is -1.43. The molecule has 0 aliphatic rings. The predicted molar refractivity (Wildman–Crippen MR) is 38.5 cm³/mol. The minimum absolute atomic E-state index is 0.277. The van der Waals surface area contributed by atoms with Crippen molar-refractivity contribution in [3.8, 4) is 6.07 Å². The summed E-state index contributed by atoms with van der Waals surface area (Å²) in [6, 6.07) is 1.93. The molecule has 6 heteroatoms. The molecule has 1 rings (SSSR count). The Hall–Kier alpha value is -1.64. The zero-order valence-electron chi connectivity index (χ0n) is 6.77. The Kier molecular flexibility index (Phi) is 2.70. The Morgan fingerprint density at radius 2 is 2.07 bits per heavy atom. The van der Waals surface area contributed by atoms with Gasteiger partial charge in [0.05, 0.1) is 23.7 Å². The van der Waals surface area contributed by atoms with Gasteiger partial charge in [-0.1, -0.05) is 0 Å². The number of nitrogens with zero attached hydrogens (tertiary/aromatic N) is 2. The predicted octanol–water partition coefficient (Wildman–Crippen LogP) is 2.31. The van der Waals surface area contributed by atoms with E-state index in [0.29, 0.717) is 12.3 Å². The number of pyridine rings is 1. The first-order chi connectivity index (χ1) is 6.45. The molecular formula is C8H4F4N2. The monoisotopic (exact) mass is 204 g/mol. The number of halogens is 4.